The van der Waals surface area contributed by atoms with Gasteiger partial charge in [-0.25, -0.2) is 0 Å². The van der Waals surface area contributed by atoms with Gasteiger partial charge < -0.3 is 4.90 Å². The Labute approximate surface area is 143 Å². The third-order valence-electron chi connectivity index (χ3n) is 5.10. The normalized spacial score (nSPS) is 14.8. The van der Waals surface area contributed by atoms with E-state index in [2.05, 4.69) is 72.3 Å². The molecule has 1 atom stereocenters. The van der Waals surface area contributed by atoms with Gasteiger partial charge in [0.25, 0.3) is 0 Å². The summed E-state index contributed by atoms with van der Waals surface area (Å²) in [4.78, 5) is 5.26. The summed E-state index contributed by atoms with van der Waals surface area (Å²) in [6.07, 6.45) is 3.81. The lowest BCUT2D eigenvalue weighted by atomic mass is 9.90. The van der Waals surface area contributed by atoms with Gasteiger partial charge in [-0.3, -0.25) is 0 Å². The molecule has 0 saturated carbocycles. The van der Waals surface area contributed by atoms with E-state index in [1.807, 2.05) is 0 Å². The van der Waals surface area contributed by atoms with Crippen molar-refractivity contribution >= 4 is 5.69 Å². The fourth-order valence-corrected chi connectivity index (χ4v) is 3.37. The van der Waals surface area contributed by atoms with Gasteiger partial charge in [-0.15, -0.1) is 0 Å². The maximum atomic E-state index is 8.82. The molecule has 0 N–H and O–H groups in total. The zero-order valence-corrected chi connectivity index (χ0v) is 14.7. The van der Waals surface area contributed by atoms with E-state index in [1.165, 1.54) is 22.3 Å². The van der Waals surface area contributed by atoms with Gasteiger partial charge in [-0.1, -0.05) is 35.4 Å². The van der Waals surface area contributed by atoms with E-state index in [0.29, 0.717) is 6.04 Å². The van der Waals surface area contributed by atoms with E-state index < -0.39 is 0 Å². The van der Waals surface area contributed by atoms with E-state index in [0.717, 1.165) is 36.9 Å². The molecule has 4 nitrogen and oxygen atoms in total. The van der Waals surface area contributed by atoms with Crippen molar-refractivity contribution in [1.82, 2.24) is 4.90 Å². The second-order valence-corrected chi connectivity index (χ2v) is 6.83. The molecule has 4 aliphatic rings. The first-order valence-electron chi connectivity index (χ1n) is 8.53. The molecule has 0 saturated heterocycles. The molecule has 24 heavy (non-hydrogen) atoms. The Bertz CT molecular complexity index is 788. The van der Waals surface area contributed by atoms with Gasteiger partial charge in [-0.2, -0.15) is 0 Å². The van der Waals surface area contributed by atoms with Crippen LogP contribution in [0.15, 0.2) is 41.5 Å². The molecule has 4 bridgehead atoms. The lowest BCUT2D eigenvalue weighted by Gasteiger charge is -2.24. The van der Waals surface area contributed by atoms with E-state index in [9.17, 15) is 0 Å². The van der Waals surface area contributed by atoms with Gasteiger partial charge in [0, 0.05) is 16.6 Å². The minimum absolute atomic E-state index is 0.405. The average molecular weight is 320 g/mol. The molecule has 4 aliphatic carbocycles. The SMILES string of the molecule is C[C@H](c1cc2ccc1CCc1ccc(c(N=[N+]=[N-])c1)CC2)N(C)C. The third kappa shape index (κ3) is 3.45. The highest BCUT2D eigenvalue weighted by Crippen LogP contribution is 2.29. The van der Waals surface area contributed by atoms with E-state index in [1.54, 1.807) is 0 Å². The molecule has 0 amide bonds. The molecule has 124 valence electrons. The summed E-state index contributed by atoms with van der Waals surface area (Å²) in [7, 11) is 4.27. The molecular formula is C20H24N4. The van der Waals surface area contributed by atoms with Crippen LogP contribution in [0.1, 0.15) is 40.8 Å². The van der Waals surface area contributed by atoms with Gasteiger partial charge >= 0.3 is 0 Å². The summed E-state index contributed by atoms with van der Waals surface area (Å²) in [6, 6.07) is 13.7. The van der Waals surface area contributed by atoms with Crippen LogP contribution >= 0.6 is 0 Å². The second kappa shape index (κ2) is 7.08. The third-order valence-corrected chi connectivity index (χ3v) is 5.10. The molecule has 2 aromatic rings. The summed E-state index contributed by atoms with van der Waals surface area (Å²) >= 11 is 0. The Morgan fingerprint density at radius 3 is 2.25 bits per heavy atom. The topological polar surface area (TPSA) is 52.0 Å². The first-order valence-corrected chi connectivity index (χ1v) is 8.53. The van der Waals surface area contributed by atoms with Crippen molar-refractivity contribution in [2.75, 3.05) is 14.1 Å². The van der Waals surface area contributed by atoms with Crippen molar-refractivity contribution in [3.8, 4) is 0 Å². The fourth-order valence-electron chi connectivity index (χ4n) is 3.37. The minimum Gasteiger partial charge on any atom is -0.303 e. The predicted octanol–water partition coefficient (Wildman–Crippen LogP) is 5.13. The van der Waals surface area contributed by atoms with Crippen LogP contribution in [-0.4, -0.2) is 19.0 Å². The van der Waals surface area contributed by atoms with Crippen LogP contribution in [0, 0.1) is 0 Å². The smallest absolute Gasteiger partial charge is 0.0410 e. The van der Waals surface area contributed by atoms with Gasteiger partial charge in [0.15, 0.2) is 0 Å². The monoisotopic (exact) mass is 320 g/mol. The Kier molecular flexibility index (Phi) is 4.89. The minimum atomic E-state index is 0.405. The zero-order chi connectivity index (χ0) is 17.1. The highest BCUT2D eigenvalue weighted by Gasteiger charge is 2.15. The zero-order valence-electron chi connectivity index (χ0n) is 14.7. The van der Waals surface area contributed by atoms with Crippen molar-refractivity contribution in [2.45, 2.75) is 38.6 Å². The van der Waals surface area contributed by atoms with E-state index in [-0.39, 0.29) is 0 Å². The Hall–Kier alpha value is -2.29. The van der Waals surface area contributed by atoms with Crippen molar-refractivity contribution in [3.63, 3.8) is 0 Å². The Morgan fingerprint density at radius 1 is 0.958 bits per heavy atom. The number of benzene rings is 2. The van der Waals surface area contributed by atoms with E-state index >= 15 is 0 Å². The van der Waals surface area contributed by atoms with Crippen molar-refractivity contribution in [2.24, 2.45) is 5.11 Å². The van der Waals surface area contributed by atoms with Crippen LogP contribution in [0.2, 0.25) is 0 Å². The lowest BCUT2D eigenvalue weighted by molar-refractivity contribution is 0.319. The molecular weight excluding hydrogens is 296 g/mol. The second-order valence-electron chi connectivity index (χ2n) is 6.83. The highest BCUT2D eigenvalue weighted by molar-refractivity contribution is 5.49. The summed E-state index contributed by atoms with van der Waals surface area (Å²) in [6.45, 7) is 2.27. The average Bonchev–Trinajstić information content (AvgIpc) is 2.57. The number of nitrogens with zero attached hydrogens (tertiary/aromatic N) is 4. The molecule has 4 heteroatoms. The van der Waals surface area contributed by atoms with Crippen molar-refractivity contribution < 1.29 is 0 Å². The van der Waals surface area contributed by atoms with Crippen LogP contribution in [0.4, 0.5) is 5.69 Å². The number of aryl methyl sites for hydroxylation is 4. The number of azide groups is 1. The standard InChI is InChI=1S/C20H24N4/c1-14(24(2)3)19-12-15-4-8-17(19)9-5-16-7-11-18(10-6-15)20(13-16)22-23-21/h4,7-8,11-14H,5-6,9-10H2,1-3H3/t14-/m1/s1. The summed E-state index contributed by atoms with van der Waals surface area (Å²) < 4.78 is 0. The molecule has 0 fully saturated rings. The number of hydrogen-bond acceptors (Lipinski definition) is 2. The summed E-state index contributed by atoms with van der Waals surface area (Å²) in [5, 5.41) is 3.90. The maximum absolute atomic E-state index is 8.82. The van der Waals surface area contributed by atoms with Crippen molar-refractivity contribution in [3.05, 3.63) is 74.7 Å². The first kappa shape index (κ1) is 16.6. The lowest BCUT2D eigenvalue weighted by Crippen LogP contribution is -2.19. The van der Waals surface area contributed by atoms with Crippen LogP contribution in [-0.2, 0) is 25.7 Å². The molecule has 6 rings (SSSR count). The number of hydrogen-bond donors (Lipinski definition) is 0. The molecule has 0 spiro atoms. The molecule has 0 heterocycles. The van der Waals surface area contributed by atoms with Crippen LogP contribution in [0.3, 0.4) is 0 Å². The molecule has 2 aromatic carbocycles. The molecule has 0 aliphatic heterocycles. The summed E-state index contributed by atoms with van der Waals surface area (Å²) in [5.74, 6) is 0. The quantitative estimate of drug-likeness (QED) is 0.439. The molecule has 0 unspecified atom stereocenters. The van der Waals surface area contributed by atoms with Gasteiger partial charge in [0.2, 0.25) is 0 Å². The number of rotatable bonds is 3. The van der Waals surface area contributed by atoms with Crippen LogP contribution < -0.4 is 0 Å². The first-order chi connectivity index (χ1) is 11.6. The highest BCUT2D eigenvalue weighted by atomic mass is 15.1. The Balaban J connectivity index is 2.02. The van der Waals surface area contributed by atoms with Gasteiger partial charge in [-0.05, 0) is 86.1 Å². The largest absolute Gasteiger partial charge is 0.303 e. The maximum Gasteiger partial charge on any atom is 0.0410 e. The Morgan fingerprint density at radius 2 is 1.58 bits per heavy atom. The van der Waals surface area contributed by atoms with Crippen LogP contribution in [0.5, 0.6) is 0 Å². The van der Waals surface area contributed by atoms with Gasteiger partial charge in [0.1, 0.15) is 0 Å². The van der Waals surface area contributed by atoms with Crippen molar-refractivity contribution in [1.29, 1.82) is 0 Å². The molecule has 0 aromatic heterocycles. The predicted molar refractivity (Wildman–Crippen MR) is 98.6 cm³/mol. The summed E-state index contributed by atoms with van der Waals surface area (Å²) in [5.41, 5.74) is 16.2. The van der Waals surface area contributed by atoms with Crippen LogP contribution in [0.25, 0.3) is 10.4 Å². The molecule has 0 radical (unpaired) electrons. The van der Waals surface area contributed by atoms with Gasteiger partial charge in [0.05, 0.1) is 0 Å². The fraction of sp³-hybridized carbons (Fsp3) is 0.400. The van der Waals surface area contributed by atoms with E-state index in [4.69, 9.17) is 5.53 Å².